The second kappa shape index (κ2) is 12.2. The molecule has 0 unspecified atom stereocenters. The topological polar surface area (TPSA) is 116 Å². The average molecular weight is 572 g/mol. The van der Waals surface area contributed by atoms with Crippen molar-refractivity contribution in [1.82, 2.24) is 24.4 Å². The summed E-state index contributed by atoms with van der Waals surface area (Å²) in [5.41, 5.74) is -0.0233. The van der Waals surface area contributed by atoms with Gasteiger partial charge in [0.2, 0.25) is 0 Å². The fourth-order valence-electron chi connectivity index (χ4n) is 6.03. The Balaban J connectivity index is 1.17. The third kappa shape index (κ3) is 6.10. The van der Waals surface area contributed by atoms with E-state index < -0.39 is 18.0 Å². The van der Waals surface area contributed by atoms with E-state index >= 15 is 0 Å². The molecule has 3 aliphatic rings. The fourth-order valence-corrected chi connectivity index (χ4v) is 6.03. The maximum Gasteiger partial charge on any atom is 0.284 e. The van der Waals surface area contributed by atoms with Crippen LogP contribution in [0.1, 0.15) is 86.3 Å². The summed E-state index contributed by atoms with van der Waals surface area (Å²) in [4.78, 5) is 31.3. The van der Waals surface area contributed by atoms with Crippen LogP contribution in [0.4, 0.5) is 20.3 Å². The van der Waals surface area contributed by atoms with Crippen molar-refractivity contribution in [2.24, 2.45) is 5.92 Å². The quantitative estimate of drug-likeness (QED) is 0.392. The third-order valence-corrected chi connectivity index (χ3v) is 8.31. The number of anilines is 2. The highest BCUT2D eigenvalue weighted by Gasteiger charge is 2.29. The first-order chi connectivity index (χ1) is 20.0. The molecular formula is C28H35F2N7O4. The van der Waals surface area contributed by atoms with Gasteiger partial charge in [-0.05, 0) is 63.9 Å². The molecule has 0 bridgehead atoms. The number of amides is 1. The van der Waals surface area contributed by atoms with Crippen molar-refractivity contribution < 1.29 is 27.8 Å². The second-order valence-electron chi connectivity index (χ2n) is 11.1. The summed E-state index contributed by atoms with van der Waals surface area (Å²) >= 11 is 0. The molecule has 0 radical (unpaired) electrons. The number of aromatic nitrogens is 5. The van der Waals surface area contributed by atoms with Crippen LogP contribution in [0.2, 0.25) is 0 Å². The van der Waals surface area contributed by atoms with Crippen molar-refractivity contribution in [3.05, 3.63) is 35.9 Å². The molecule has 11 nitrogen and oxygen atoms in total. The molecule has 2 aliphatic heterocycles. The van der Waals surface area contributed by atoms with Crippen molar-refractivity contribution >= 4 is 29.3 Å². The van der Waals surface area contributed by atoms with E-state index in [0.29, 0.717) is 43.7 Å². The number of piperidine rings is 1. The number of aldehydes is 1. The Hall–Kier alpha value is -3.45. The summed E-state index contributed by atoms with van der Waals surface area (Å²) in [6.07, 6.45) is 10.2. The molecule has 41 heavy (non-hydrogen) atoms. The van der Waals surface area contributed by atoms with Gasteiger partial charge in [0.25, 0.3) is 12.3 Å². The van der Waals surface area contributed by atoms with Crippen LogP contribution in [0.25, 0.3) is 5.65 Å². The number of hydrogen-bond acceptors (Lipinski definition) is 8. The molecule has 3 fully saturated rings. The number of nitrogens with zero attached hydrogens (tertiary/aromatic N) is 6. The van der Waals surface area contributed by atoms with Gasteiger partial charge in [-0.25, -0.2) is 18.3 Å². The zero-order chi connectivity index (χ0) is 28.3. The van der Waals surface area contributed by atoms with Gasteiger partial charge in [-0.3, -0.25) is 9.48 Å². The first-order valence-electron chi connectivity index (χ1n) is 14.5. The molecule has 5 heterocycles. The van der Waals surface area contributed by atoms with Gasteiger partial charge in [-0.2, -0.15) is 10.2 Å². The van der Waals surface area contributed by atoms with Gasteiger partial charge in [0.15, 0.2) is 17.6 Å². The number of fused-ring (bicyclic) bond motifs is 1. The van der Waals surface area contributed by atoms with Gasteiger partial charge in [0, 0.05) is 38.0 Å². The Labute approximate surface area is 236 Å². The third-order valence-electron chi connectivity index (χ3n) is 8.31. The number of nitrogens with one attached hydrogen (secondary N) is 1. The Bertz CT molecular complexity index is 1360. The highest BCUT2D eigenvalue weighted by atomic mass is 19.3. The van der Waals surface area contributed by atoms with Gasteiger partial charge >= 0.3 is 0 Å². The van der Waals surface area contributed by atoms with Gasteiger partial charge in [0.1, 0.15) is 17.7 Å². The van der Waals surface area contributed by atoms with E-state index in [-0.39, 0.29) is 35.6 Å². The minimum atomic E-state index is -2.86. The maximum absolute atomic E-state index is 13.9. The summed E-state index contributed by atoms with van der Waals surface area (Å²) < 4.78 is 42.7. The zero-order valence-electron chi connectivity index (χ0n) is 22.8. The molecule has 0 spiro atoms. The Morgan fingerprint density at radius 3 is 2.76 bits per heavy atom. The number of halogens is 2. The molecule has 1 amide bonds. The van der Waals surface area contributed by atoms with Crippen LogP contribution in [0.5, 0.6) is 0 Å². The number of hydrogen-bond donors (Lipinski definition) is 1. The zero-order valence-corrected chi connectivity index (χ0v) is 22.8. The van der Waals surface area contributed by atoms with Crippen LogP contribution in [-0.2, 0) is 14.3 Å². The number of rotatable bonds is 8. The number of alkyl halides is 2. The highest BCUT2D eigenvalue weighted by Crippen LogP contribution is 2.34. The molecule has 3 aromatic rings. The Morgan fingerprint density at radius 1 is 1.15 bits per heavy atom. The van der Waals surface area contributed by atoms with E-state index in [0.717, 1.165) is 51.5 Å². The highest BCUT2D eigenvalue weighted by molar-refractivity contribution is 6.08. The van der Waals surface area contributed by atoms with Crippen LogP contribution < -0.4 is 10.2 Å². The molecule has 220 valence electrons. The van der Waals surface area contributed by atoms with Gasteiger partial charge in [-0.1, -0.05) is 0 Å². The van der Waals surface area contributed by atoms with Crippen molar-refractivity contribution in [1.29, 1.82) is 0 Å². The molecule has 13 heteroatoms. The summed E-state index contributed by atoms with van der Waals surface area (Å²) in [6.45, 7) is 2.19. The Morgan fingerprint density at radius 2 is 2.00 bits per heavy atom. The number of carbonyl (C=O) groups is 2. The molecule has 1 aliphatic carbocycles. The van der Waals surface area contributed by atoms with Crippen molar-refractivity contribution in [3.8, 4) is 0 Å². The van der Waals surface area contributed by atoms with Crippen molar-refractivity contribution in [2.45, 2.75) is 82.6 Å². The Kier molecular flexibility index (Phi) is 8.24. The first-order valence-corrected chi connectivity index (χ1v) is 14.5. The van der Waals surface area contributed by atoms with Crippen molar-refractivity contribution in [2.75, 3.05) is 29.9 Å². The summed E-state index contributed by atoms with van der Waals surface area (Å²) in [5, 5.41) is 11.0. The minimum Gasteiger partial charge on any atom is -0.354 e. The molecule has 2 saturated heterocycles. The van der Waals surface area contributed by atoms with E-state index in [1.807, 2.05) is 6.07 Å². The maximum atomic E-state index is 13.9. The number of carbonyl (C=O) groups excluding carboxylic acids is 2. The molecular weight excluding hydrogens is 536 g/mol. The van der Waals surface area contributed by atoms with Crippen LogP contribution in [0.15, 0.2) is 24.7 Å². The first kappa shape index (κ1) is 27.7. The van der Waals surface area contributed by atoms with Crippen LogP contribution in [-0.4, -0.2) is 68.7 Å². The van der Waals surface area contributed by atoms with E-state index in [1.54, 1.807) is 6.20 Å². The van der Waals surface area contributed by atoms with E-state index in [2.05, 4.69) is 20.4 Å². The molecule has 1 saturated carbocycles. The fraction of sp³-hybridized carbons (Fsp3) is 0.607. The summed E-state index contributed by atoms with van der Waals surface area (Å²) in [5.74, 6) is 0.0971. The summed E-state index contributed by atoms with van der Waals surface area (Å²) in [7, 11) is 0. The average Bonchev–Trinajstić information content (AvgIpc) is 3.62. The lowest BCUT2D eigenvalue weighted by molar-refractivity contribution is -0.188. The predicted octanol–water partition coefficient (Wildman–Crippen LogP) is 4.56. The molecule has 3 aromatic heterocycles. The van der Waals surface area contributed by atoms with E-state index in [4.69, 9.17) is 14.5 Å². The molecule has 1 N–H and O–H groups in total. The van der Waals surface area contributed by atoms with Crippen LogP contribution in [0.3, 0.4) is 0 Å². The minimum absolute atomic E-state index is 0.00202. The van der Waals surface area contributed by atoms with E-state index in [1.165, 1.54) is 21.6 Å². The van der Waals surface area contributed by atoms with Gasteiger partial charge in [0.05, 0.1) is 24.0 Å². The van der Waals surface area contributed by atoms with Crippen LogP contribution >= 0.6 is 0 Å². The summed E-state index contributed by atoms with van der Waals surface area (Å²) in [6, 6.07) is 1.75. The lowest BCUT2D eigenvalue weighted by Crippen LogP contribution is -2.42. The monoisotopic (exact) mass is 571 g/mol. The largest absolute Gasteiger partial charge is 0.354 e. The normalized spacial score (nSPS) is 25.5. The smallest absolute Gasteiger partial charge is 0.284 e. The van der Waals surface area contributed by atoms with Crippen LogP contribution in [0, 0.1) is 5.92 Å². The molecule has 2 atom stereocenters. The SMILES string of the molecule is O=CC1CCC(n2cc(NC(=O)c3cnn4ccc(N5CCC[C@H](O[C@H]6CCCCO6)C5)nc34)c(C(F)F)n2)CC1. The van der Waals surface area contributed by atoms with Gasteiger partial charge < -0.3 is 24.5 Å². The van der Waals surface area contributed by atoms with Crippen molar-refractivity contribution in [3.63, 3.8) is 0 Å². The predicted molar refractivity (Wildman–Crippen MR) is 145 cm³/mol. The second-order valence-corrected chi connectivity index (χ2v) is 11.1. The lowest BCUT2D eigenvalue weighted by atomic mass is 9.87. The lowest BCUT2D eigenvalue weighted by Gasteiger charge is -2.36. The standard InChI is InChI=1S/C28H35F2N7O4/c29-26(30)25-22(16-37(34-25)19-8-6-18(17-38)7-9-19)32-28(39)21-14-31-36-12-10-23(33-27(21)36)35-11-3-4-20(15-35)41-24-5-1-2-13-40-24/h10,12,14,16-20,24,26H,1-9,11,13,15H2,(H,32,39)/t18?,19?,20-,24-/m0/s1. The molecule has 6 rings (SSSR count). The van der Waals surface area contributed by atoms with Gasteiger partial charge in [-0.15, -0.1) is 0 Å². The van der Waals surface area contributed by atoms with E-state index in [9.17, 15) is 18.4 Å². The molecule has 0 aromatic carbocycles. The number of ether oxygens (including phenoxy) is 2.